The molecule has 0 aliphatic carbocycles. The molecule has 1 aliphatic heterocycles. The van der Waals surface area contributed by atoms with Gasteiger partial charge in [0.15, 0.2) is 5.16 Å². The molecule has 2 unspecified atom stereocenters. The molecule has 0 radical (unpaired) electrons. The van der Waals surface area contributed by atoms with Crippen molar-refractivity contribution in [1.82, 2.24) is 20.2 Å². The van der Waals surface area contributed by atoms with E-state index < -0.39 is 0 Å². The van der Waals surface area contributed by atoms with Crippen molar-refractivity contribution in [2.45, 2.75) is 36.3 Å². The summed E-state index contributed by atoms with van der Waals surface area (Å²) in [6.45, 7) is 4.80. The van der Waals surface area contributed by atoms with E-state index in [9.17, 15) is 4.79 Å². The number of nitrogens with one attached hydrogen (secondary N) is 2. The van der Waals surface area contributed by atoms with Crippen LogP contribution in [0.4, 0.5) is 0 Å². The van der Waals surface area contributed by atoms with Crippen molar-refractivity contribution in [1.29, 1.82) is 0 Å². The van der Waals surface area contributed by atoms with Crippen LogP contribution in [0.25, 0.3) is 11.0 Å². The lowest BCUT2D eigenvalue weighted by molar-refractivity contribution is -0.120. The van der Waals surface area contributed by atoms with E-state index >= 15 is 0 Å². The molecule has 5 nitrogen and oxygen atoms in total. The first-order chi connectivity index (χ1) is 13.2. The molecule has 1 aliphatic rings. The summed E-state index contributed by atoms with van der Waals surface area (Å²) in [5, 5.41) is 3.81. The minimum atomic E-state index is -0.186. The number of aromatic amines is 1. The molecule has 6 heteroatoms. The number of H-pyrrole nitrogens is 1. The lowest BCUT2D eigenvalue weighted by atomic mass is 10.2. The summed E-state index contributed by atoms with van der Waals surface area (Å²) in [7, 11) is 0. The maximum absolute atomic E-state index is 12.6. The third-order valence-corrected chi connectivity index (χ3v) is 5.88. The molecule has 1 amide bonds. The van der Waals surface area contributed by atoms with E-state index in [-0.39, 0.29) is 17.2 Å². The molecule has 2 atom stereocenters. The Labute approximate surface area is 163 Å². The number of thioether (sulfide) groups is 1. The van der Waals surface area contributed by atoms with Gasteiger partial charge in [-0.05, 0) is 31.0 Å². The maximum atomic E-state index is 12.6. The number of hydrogen-bond donors (Lipinski definition) is 2. The van der Waals surface area contributed by atoms with Gasteiger partial charge < -0.3 is 10.3 Å². The average Bonchev–Trinajstić information content (AvgIpc) is 3.28. The highest BCUT2D eigenvalue weighted by atomic mass is 32.2. The number of amides is 1. The van der Waals surface area contributed by atoms with E-state index in [2.05, 4.69) is 44.5 Å². The standard InChI is InChI=1S/C21H24N4OS/c1-15(27-21-23-18-9-5-6-10-19(18)24-21)20(26)22-17-11-12-25(14-17)13-16-7-3-2-4-8-16/h2-10,15,17H,11-14H2,1H3,(H,22,26)(H,23,24). The minimum absolute atomic E-state index is 0.0759. The van der Waals surface area contributed by atoms with Crippen molar-refractivity contribution < 1.29 is 4.79 Å². The van der Waals surface area contributed by atoms with Gasteiger partial charge in [0.1, 0.15) is 0 Å². The van der Waals surface area contributed by atoms with Crippen molar-refractivity contribution in [2.24, 2.45) is 0 Å². The second kappa shape index (κ2) is 8.15. The lowest BCUT2D eigenvalue weighted by Crippen LogP contribution is -2.40. The molecule has 0 saturated carbocycles. The quantitative estimate of drug-likeness (QED) is 0.643. The molecule has 2 heterocycles. The van der Waals surface area contributed by atoms with Gasteiger partial charge in [-0.25, -0.2) is 4.98 Å². The SMILES string of the molecule is CC(Sc1nc2ccccc2[nH]1)C(=O)NC1CCN(Cc2ccccc2)C1. The smallest absolute Gasteiger partial charge is 0.233 e. The van der Waals surface area contributed by atoms with Crippen LogP contribution < -0.4 is 5.32 Å². The van der Waals surface area contributed by atoms with E-state index in [1.54, 1.807) is 0 Å². The Morgan fingerprint density at radius 1 is 1.26 bits per heavy atom. The van der Waals surface area contributed by atoms with Gasteiger partial charge >= 0.3 is 0 Å². The zero-order chi connectivity index (χ0) is 18.6. The first-order valence-electron chi connectivity index (χ1n) is 9.35. The second-order valence-electron chi connectivity index (χ2n) is 7.03. The molecule has 4 rings (SSSR count). The fourth-order valence-corrected chi connectivity index (χ4v) is 4.29. The number of imidazole rings is 1. The molecule has 27 heavy (non-hydrogen) atoms. The van der Waals surface area contributed by atoms with Crippen LogP contribution in [0.15, 0.2) is 59.8 Å². The summed E-state index contributed by atoms with van der Waals surface area (Å²) in [5.41, 5.74) is 3.25. The number of aromatic nitrogens is 2. The number of nitrogens with zero attached hydrogens (tertiary/aromatic N) is 2. The molecule has 1 saturated heterocycles. The number of carbonyl (C=O) groups excluding carboxylic acids is 1. The number of likely N-dealkylation sites (tertiary alicyclic amines) is 1. The van der Waals surface area contributed by atoms with Crippen LogP contribution in [0.2, 0.25) is 0 Å². The van der Waals surface area contributed by atoms with Crippen LogP contribution >= 0.6 is 11.8 Å². The zero-order valence-corrected chi connectivity index (χ0v) is 16.2. The number of para-hydroxylation sites is 2. The number of carbonyl (C=O) groups is 1. The van der Waals surface area contributed by atoms with Gasteiger partial charge in [0.2, 0.25) is 5.91 Å². The predicted octanol–water partition coefficient (Wildman–Crippen LogP) is 3.43. The monoisotopic (exact) mass is 380 g/mol. The van der Waals surface area contributed by atoms with Crippen molar-refractivity contribution in [2.75, 3.05) is 13.1 Å². The Hall–Kier alpha value is -2.31. The number of hydrogen-bond acceptors (Lipinski definition) is 4. The molecular formula is C21H24N4OS. The molecule has 2 aromatic carbocycles. The Morgan fingerprint density at radius 3 is 2.85 bits per heavy atom. The first-order valence-corrected chi connectivity index (χ1v) is 10.2. The highest BCUT2D eigenvalue weighted by Gasteiger charge is 2.26. The summed E-state index contributed by atoms with van der Waals surface area (Å²) in [5.74, 6) is 0.0759. The van der Waals surface area contributed by atoms with Gasteiger partial charge in [-0.2, -0.15) is 0 Å². The summed E-state index contributed by atoms with van der Waals surface area (Å²) in [4.78, 5) is 22.8. The van der Waals surface area contributed by atoms with E-state index in [1.165, 1.54) is 17.3 Å². The number of rotatable bonds is 6. The molecule has 3 aromatic rings. The van der Waals surface area contributed by atoms with Crippen LogP contribution in [0, 0.1) is 0 Å². The third kappa shape index (κ3) is 4.51. The summed E-state index contributed by atoms with van der Waals surface area (Å²) in [6, 6.07) is 18.6. The molecule has 1 aromatic heterocycles. The van der Waals surface area contributed by atoms with Gasteiger partial charge in [0.05, 0.1) is 16.3 Å². The average molecular weight is 381 g/mol. The van der Waals surface area contributed by atoms with Crippen LogP contribution in [0.3, 0.4) is 0 Å². The van der Waals surface area contributed by atoms with Gasteiger partial charge in [-0.15, -0.1) is 0 Å². The van der Waals surface area contributed by atoms with Gasteiger partial charge in [0.25, 0.3) is 0 Å². The van der Waals surface area contributed by atoms with Gasteiger partial charge in [-0.3, -0.25) is 9.69 Å². The van der Waals surface area contributed by atoms with Gasteiger partial charge in [0, 0.05) is 25.7 Å². The number of fused-ring (bicyclic) bond motifs is 1. The van der Waals surface area contributed by atoms with E-state index in [0.717, 1.165) is 42.2 Å². The van der Waals surface area contributed by atoms with Crippen LogP contribution in [0.1, 0.15) is 18.9 Å². The fourth-order valence-electron chi connectivity index (χ4n) is 3.46. The maximum Gasteiger partial charge on any atom is 0.233 e. The Bertz CT molecular complexity index is 878. The third-order valence-electron chi connectivity index (χ3n) is 4.89. The zero-order valence-electron chi connectivity index (χ0n) is 15.4. The molecular weight excluding hydrogens is 356 g/mol. The summed E-state index contributed by atoms with van der Waals surface area (Å²) in [6.07, 6.45) is 1.00. The first kappa shape index (κ1) is 18.1. The Morgan fingerprint density at radius 2 is 2.04 bits per heavy atom. The highest BCUT2D eigenvalue weighted by molar-refractivity contribution is 8.00. The van der Waals surface area contributed by atoms with Crippen LogP contribution in [-0.2, 0) is 11.3 Å². The summed E-state index contributed by atoms with van der Waals surface area (Å²) < 4.78 is 0. The molecule has 140 valence electrons. The van der Waals surface area contributed by atoms with Crippen LogP contribution in [-0.4, -0.2) is 45.2 Å². The van der Waals surface area contributed by atoms with Crippen molar-refractivity contribution in [3.63, 3.8) is 0 Å². The minimum Gasteiger partial charge on any atom is -0.351 e. The fraction of sp³-hybridized carbons (Fsp3) is 0.333. The second-order valence-corrected chi connectivity index (χ2v) is 8.36. The molecule has 0 spiro atoms. The highest BCUT2D eigenvalue weighted by Crippen LogP contribution is 2.24. The van der Waals surface area contributed by atoms with Crippen molar-refractivity contribution in [3.05, 3.63) is 60.2 Å². The topological polar surface area (TPSA) is 61.0 Å². The summed E-state index contributed by atoms with van der Waals surface area (Å²) >= 11 is 1.47. The van der Waals surface area contributed by atoms with Gasteiger partial charge in [-0.1, -0.05) is 54.2 Å². The van der Waals surface area contributed by atoms with E-state index in [0.29, 0.717) is 0 Å². The van der Waals surface area contributed by atoms with Crippen molar-refractivity contribution >= 4 is 28.7 Å². The largest absolute Gasteiger partial charge is 0.351 e. The number of benzene rings is 2. The Kier molecular flexibility index (Phi) is 5.45. The normalized spacial score (nSPS) is 18.6. The van der Waals surface area contributed by atoms with Crippen molar-refractivity contribution in [3.8, 4) is 0 Å². The van der Waals surface area contributed by atoms with E-state index in [4.69, 9.17) is 0 Å². The molecule has 0 bridgehead atoms. The Balaban J connectivity index is 1.28. The predicted molar refractivity (Wildman–Crippen MR) is 110 cm³/mol. The molecule has 2 N–H and O–H groups in total. The lowest BCUT2D eigenvalue weighted by Gasteiger charge is -2.18. The van der Waals surface area contributed by atoms with Crippen LogP contribution in [0.5, 0.6) is 0 Å². The molecule has 1 fully saturated rings. The van der Waals surface area contributed by atoms with E-state index in [1.807, 2.05) is 37.3 Å².